The van der Waals surface area contributed by atoms with E-state index in [1.54, 1.807) is 6.07 Å². The molecule has 0 bridgehead atoms. The molecule has 0 spiro atoms. The Labute approximate surface area is 114 Å². The fraction of sp³-hybridized carbons (Fsp3) is 0.533. The molecule has 0 saturated heterocycles. The first-order valence-electron chi connectivity index (χ1n) is 6.89. The van der Waals surface area contributed by atoms with Crippen molar-refractivity contribution in [3.05, 3.63) is 29.3 Å². The minimum Gasteiger partial charge on any atom is -0.398 e. The van der Waals surface area contributed by atoms with E-state index in [1.807, 2.05) is 19.1 Å². The molecule has 0 unspecified atom stereocenters. The topological polar surface area (TPSA) is 75.4 Å². The van der Waals surface area contributed by atoms with E-state index in [0.717, 1.165) is 31.2 Å². The van der Waals surface area contributed by atoms with Gasteiger partial charge in [0.1, 0.15) is 0 Å². The van der Waals surface area contributed by atoms with Crippen LogP contribution in [0.3, 0.4) is 0 Å². The molecule has 0 aromatic heterocycles. The highest BCUT2D eigenvalue weighted by Crippen LogP contribution is 2.24. The van der Waals surface area contributed by atoms with E-state index in [4.69, 9.17) is 5.73 Å². The van der Waals surface area contributed by atoms with E-state index < -0.39 is 0 Å². The van der Waals surface area contributed by atoms with Gasteiger partial charge in [-0.05, 0) is 50.2 Å². The number of aryl methyl sites for hydroxylation is 1. The average molecular weight is 262 g/mol. The minimum atomic E-state index is -0.154. The van der Waals surface area contributed by atoms with Crippen LogP contribution >= 0.6 is 0 Å². The van der Waals surface area contributed by atoms with Crippen molar-refractivity contribution >= 4 is 11.6 Å². The van der Waals surface area contributed by atoms with Crippen molar-refractivity contribution in [2.75, 3.05) is 12.3 Å². The number of nitrogen functional groups attached to an aromatic ring is 1. The van der Waals surface area contributed by atoms with Gasteiger partial charge in [-0.25, -0.2) is 0 Å². The van der Waals surface area contributed by atoms with Crippen LogP contribution in [-0.2, 0) is 0 Å². The molecule has 2 rings (SSSR count). The maximum Gasteiger partial charge on any atom is 0.253 e. The lowest BCUT2D eigenvalue weighted by Crippen LogP contribution is -2.32. The highest BCUT2D eigenvalue weighted by atomic mass is 16.3. The quantitative estimate of drug-likeness (QED) is 0.728. The van der Waals surface area contributed by atoms with Crippen LogP contribution < -0.4 is 11.1 Å². The Kier molecular flexibility index (Phi) is 4.43. The Morgan fingerprint density at radius 3 is 2.68 bits per heavy atom. The molecule has 1 fully saturated rings. The maximum atomic E-state index is 12.2. The number of anilines is 1. The van der Waals surface area contributed by atoms with Gasteiger partial charge >= 0.3 is 0 Å². The lowest BCUT2D eigenvalue weighted by molar-refractivity contribution is 0.0910. The molecule has 4 nitrogen and oxygen atoms in total. The molecule has 19 heavy (non-hydrogen) atoms. The first kappa shape index (κ1) is 13.9. The van der Waals surface area contributed by atoms with Crippen LogP contribution in [0.5, 0.6) is 0 Å². The number of benzene rings is 1. The predicted molar refractivity (Wildman–Crippen MR) is 75.9 cm³/mol. The molecule has 1 aliphatic rings. The van der Waals surface area contributed by atoms with Gasteiger partial charge in [0, 0.05) is 12.2 Å². The van der Waals surface area contributed by atoms with Crippen molar-refractivity contribution in [1.29, 1.82) is 0 Å². The van der Waals surface area contributed by atoms with Gasteiger partial charge in [0.15, 0.2) is 0 Å². The zero-order valence-corrected chi connectivity index (χ0v) is 11.4. The first-order valence-corrected chi connectivity index (χ1v) is 6.89. The number of nitrogens with one attached hydrogen (secondary N) is 1. The second-order valence-corrected chi connectivity index (χ2v) is 5.42. The third-order valence-corrected chi connectivity index (χ3v) is 3.90. The fourth-order valence-electron chi connectivity index (χ4n) is 2.68. The zero-order chi connectivity index (χ0) is 13.8. The molecule has 1 amide bonds. The standard InChI is InChI=1S/C15H22N2O2/c1-10-3-2-4-13(16)14(10)15(19)17-9-11-5-7-12(18)8-6-11/h2-4,11-12,18H,5-9,16H2,1H3,(H,17,19). The smallest absolute Gasteiger partial charge is 0.253 e. The third-order valence-electron chi connectivity index (χ3n) is 3.90. The molecule has 0 radical (unpaired) electrons. The van der Waals surface area contributed by atoms with Gasteiger partial charge in [-0.2, -0.15) is 0 Å². The van der Waals surface area contributed by atoms with Crippen LogP contribution in [0.15, 0.2) is 18.2 Å². The third kappa shape index (κ3) is 3.47. The molecule has 0 atom stereocenters. The van der Waals surface area contributed by atoms with Crippen molar-refractivity contribution in [2.24, 2.45) is 5.92 Å². The van der Waals surface area contributed by atoms with Crippen LogP contribution in [0.1, 0.15) is 41.6 Å². The number of nitrogens with two attached hydrogens (primary N) is 1. The van der Waals surface area contributed by atoms with E-state index in [0.29, 0.717) is 23.7 Å². The van der Waals surface area contributed by atoms with E-state index in [-0.39, 0.29) is 12.0 Å². The molecule has 1 aromatic rings. The van der Waals surface area contributed by atoms with Gasteiger partial charge in [-0.15, -0.1) is 0 Å². The second kappa shape index (κ2) is 6.06. The Balaban J connectivity index is 1.91. The van der Waals surface area contributed by atoms with Crippen LogP contribution in [-0.4, -0.2) is 23.7 Å². The first-order chi connectivity index (χ1) is 9.08. The average Bonchev–Trinajstić information content (AvgIpc) is 2.38. The van der Waals surface area contributed by atoms with Crippen LogP contribution in [0.2, 0.25) is 0 Å². The number of carbonyl (C=O) groups excluding carboxylic acids is 1. The number of hydrogen-bond acceptors (Lipinski definition) is 3. The van der Waals surface area contributed by atoms with Crippen molar-refractivity contribution in [2.45, 2.75) is 38.7 Å². The summed E-state index contributed by atoms with van der Waals surface area (Å²) in [7, 11) is 0. The Hall–Kier alpha value is -1.55. The summed E-state index contributed by atoms with van der Waals surface area (Å²) in [5, 5.41) is 12.4. The zero-order valence-electron chi connectivity index (χ0n) is 11.4. The molecule has 0 heterocycles. The van der Waals surface area contributed by atoms with Gasteiger partial charge in [-0.3, -0.25) is 4.79 Å². The number of aliphatic hydroxyl groups is 1. The van der Waals surface area contributed by atoms with Crippen molar-refractivity contribution in [3.8, 4) is 0 Å². The lowest BCUT2D eigenvalue weighted by atomic mass is 9.87. The molecule has 4 heteroatoms. The molecule has 1 aromatic carbocycles. The fourth-order valence-corrected chi connectivity index (χ4v) is 2.68. The van der Waals surface area contributed by atoms with Crippen molar-refractivity contribution < 1.29 is 9.90 Å². The second-order valence-electron chi connectivity index (χ2n) is 5.42. The molecular weight excluding hydrogens is 240 g/mol. The van der Waals surface area contributed by atoms with Gasteiger partial charge < -0.3 is 16.2 Å². The number of hydrogen-bond donors (Lipinski definition) is 3. The van der Waals surface area contributed by atoms with E-state index in [9.17, 15) is 9.90 Å². The number of amides is 1. The van der Waals surface area contributed by atoms with Gasteiger partial charge in [0.05, 0.1) is 11.7 Å². The lowest BCUT2D eigenvalue weighted by Gasteiger charge is -2.25. The summed E-state index contributed by atoms with van der Waals surface area (Å²) in [5.41, 5.74) is 7.86. The summed E-state index contributed by atoms with van der Waals surface area (Å²) < 4.78 is 0. The van der Waals surface area contributed by atoms with E-state index >= 15 is 0 Å². The molecule has 1 aliphatic carbocycles. The largest absolute Gasteiger partial charge is 0.398 e. The van der Waals surface area contributed by atoms with Crippen LogP contribution in [0.4, 0.5) is 5.69 Å². The summed E-state index contributed by atoms with van der Waals surface area (Å²) in [6.07, 6.45) is 3.48. The van der Waals surface area contributed by atoms with Crippen molar-refractivity contribution in [3.63, 3.8) is 0 Å². The summed E-state index contributed by atoms with van der Waals surface area (Å²) >= 11 is 0. The summed E-state index contributed by atoms with van der Waals surface area (Å²) in [4.78, 5) is 12.2. The molecule has 4 N–H and O–H groups in total. The minimum absolute atomic E-state index is 0.0956. The molecule has 104 valence electrons. The molecular formula is C15H22N2O2. The predicted octanol–water partition coefficient (Wildman–Crippen LogP) is 1.86. The monoisotopic (exact) mass is 262 g/mol. The Morgan fingerprint density at radius 2 is 2.05 bits per heavy atom. The SMILES string of the molecule is Cc1cccc(N)c1C(=O)NCC1CCC(O)CC1. The molecule has 0 aliphatic heterocycles. The van der Waals surface area contributed by atoms with Crippen LogP contribution in [0, 0.1) is 12.8 Å². The summed E-state index contributed by atoms with van der Waals surface area (Å²) in [5.74, 6) is 0.374. The molecule has 1 saturated carbocycles. The van der Waals surface area contributed by atoms with Crippen LogP contribution in [0.25, 0.3) is 0 Å². The maximum absolute atomic E-state index is 12.2. The van der Waals surface area contributed by atoms with E-state index in [1.165, 1.54) is 0 Å². The summed E-state index contributed by atoms with van der Waals surface area (Å²) in [6.45, 7) is 2.56. The Morgan fingerprint density at radius 1 is 1.37 bits per heavy atom. The summed E-state index contributed by atoms with van der Waals surface area (Å²) in [6, 6.07) is 5.49. The normalized spacial score (nSPS) is 23.1. The number of carbonyl (C=O) groups is 1. The Bertz CT molecular complexity index is 431. The number of rotatable bonds is 3. The van der Waals surface area contributed by atoms with Gasteiger partial charge in [-0.1, -0.05) is 12.1 Å². The highest BCUT2D eigenvalue weighted by Gasteiger charge is 2.20. The van der Waals surface area contributed by atoms with E-state index in [2.05, 4.69) is 5.32 Å². The number of aliphatic hydroxyl groups excluding tert-OH is 1. The highest BCUT2D eigenvalue weighted by molar-refractivity contribution is 6.00. The van der Waals surface area contributed by atoms with Gasteiger partial charge in [0.2, 0.25) is 0 Å². The van der Waals surface area contributed by atoms with Gasteiger partial charge in [0.25, 0.3) is 5.91 Å². The van der Waals surface area contributed by atoms with Crippen molar-refractivity contribution in [1.82, 2.24) is 5.32 Å².